The quantitative estimate of drug-likeness (QED) is 0.162. The van der Waals surface area contributed by atoms with E-state index in [4.69, 9.17) is 4.74 Å². The van der Waals surface area contributed by atoms with Gasteiger partial charge in [-0.15, -0.1) is 0 Å². The summed E-state index contributed by atoms with van der Waals surface area (Å²) in [6, 6.07) is 22.1. The number of likely N-dealkylation sites (N-methyl/N-ethyl adjacent to an activating group) is 1. The summed E-state index contributed by atoms with van der Waals surface area (Å²) in [6.45, 7) is 5.06. The smallest absolute Gasteiger partial charge is 0.251 e. The van der Waals surface area contributed by atoms with Crippen molar-refractivity contribution in [2.24, 2.45) is 0 Å². The van der Waals surface area contributed by atoms with Gasteiger partial charge in [0.25, 0.3) is 11.8 Å². The van der Waals surface area contributed by atoms with Crippen molar-refractivity contribution in [3.8, 4) is 0 Å². The summed E-state index contributed by atoms with van der Waals surface area (Å²) in [7, 11) is 1.12. The van der Waals surface area contributed by atoms with Crippen LogP contribution in [0.5, 0.6) is 0 Å². The number of carbonyl (C=O) groups is 2. The van der Waals surface area contributed by atoms with Crippen LogP contribution in [0.2, 0.25) is 0 Å². The molecule has 12 nitrogen and oxygen atoms in total. The second-order valence-corrected chi connectivity index (χ2v) is 14.2. The molecule has 1 aromatic heterocycles. The Morgan fingerprint density at radius 1 is 0.959 bits per heavy atom. The van der Waals surface area contributed by atoms with Crippen LogP contribution in [0.4, 0.5) is 11.4 Å². The number of carbonyl (C=O) groups excluding carboxylic acids is 2. The van der Waals surface area contributed by atoms with Gasteiger partial charge in [0.2, 0.25) is 10.0 Å². The SMILES string of the molecule is COCCn1ncc(N(C)C[C@@H](O)[C@H](Cc2ccccc2)NC(=O)c2cc(C(=O)N[C@H](C)c3ccccc3)cc(N(C)S(C)(=O)=O)c2)c1C. The molecule has 0 saturated heterocycles. The van der Waals surface area contributed by atoms with Crippen LogP contribution in [-0.4, -0.2) is 87.9 Å². The molecule has 4 rings (SSSR count). The molecule has 262 valence electrons. The van der Waals surface area contributed by atoms with Gasteiger partial charge in [0, 0.05) is 38.9 Å². The van der Waals surface area contributed by atoms with Crippen LogP contribution in [0.1, 0.15) is 50.5 Å². The van der Waals surface area contributed by atoms with E-state index >= 15 is 0 Å². The molecule has 0 aliphatic heterocycles. The minimum absolute atomic E-state index is 0.0689. The van der Waals surface area contributed by atoms with Gasteiger partial charge in [0.1, 0.15) is 0 Å². The first-order chi connectivity index (χ1) is 23.3. The first kappa shape index (κ1) is 37.1. The van der Waals surface area contributed by atoms with Crippen molar-refractivity contribution in [3.05, 3.63) is 113 Å². The van der Waals surface area contributed by atoms with Crippen LogP contribution in [0.15, 0.2) is 85.1 Å². The summed E-state index contributed by atoms with van der Waals surface area (Å²) in [4.78, 5) is 29.3. The Balaban J connectivity index is 1.62. The van der Waals surface area contributed by atoms with Crippen molar-refractivity contribution < 1.29 is 27.9 Å². The van der Waals surface area contributed by atoms with Gasteiger partial charge in [-0.25, -0.2) is 8.42 Å². The molecule has 2 amide bonds. The molecular weight excluding hydrogens is 644 g/mol. The van der Waals surface area contributed by atoms with Crippen molar-refractivity contribution >= 4 is 33.2 Å². The fourth-order valence-electron chi connectivity index (χ4n) is 5.48. The van der Waals surface area contributed by atoms with Crippen molar-refractivity contribution in [3.63, 3.8) is 0 Å². The second-order valence-electron chi connectivity index (χ2n) is 12.2. The maximum Gasteiger partial charge on any atom is 0.251 e. The minimum Gasteiger partial charge on any atom is -0.389 e. The van der Waals surface area contributed by atoms with Crippen molar-refractivity contribution in [2.75, 3.05) is 49.8 Å². The second kappa shape index (κ2) is 16.6. The zero-order chi connectivity index (χ0) is 35.7. The number of rotatable bonds is 16. The summed E-state index contributed by atoms with van der Waals surface area (Å²) < 4.78 is 33.0. The highest BCUT2D eigenvalue weighted by atomic mass is 32.2. The van der Waals surface area contributed by atoms with Gasteiger partial charge in [0.05, 0.1) is 60.9 Å². The highest BCUT2D eigenvalue weighted by Gasteiger charge is 2.27. The molecule has 4 aromatic rings. The van der Waals surface area contributed by atoms with Gasteiger partial charge in [-0.05, 0) is 49.6 Å². The topological polar surface area (TPSA) is 146 Å². The highest BCUT2D eigenvalue weighted by molar-refractivity contribution is 7.92. The largest absolute Gasteiger partial charge is 0.389 e. The van der Waals surface area contributed by atoms with E-state index < -0.39 is 34.0 Å². The lowest BCUT2D eigenvalue weighted by Gasteiger charge is -2.29. The number of nitrogens with zero attached hydrogens (tertiary/aromatic N) is 4. The van der Waals surface area contributed by atoms with Crippen LogP contribution in [0, 0.1) is 6.92 Å². The number of nitrogens with one attached hydrogen (secondary N) is 2. The maximum atomic E-state index is 13.9. The predicted octanol–water partition coefficient (Wildman–Crippen LogP) is 3.56. The Morgan fingerprint density at radius 3 is 2.14 bits per heavy atom. The van der Waals surface area contributed by atoms with Crippen LogP contribution in [0.25, 0.3) is 0 Å². The fraction of sp³-hybridized carbons (Fsp3) is 0.361. The number of sulfonamides is 1. The number of aliphatic hydroxyl groups excluding tert-OH is 1. The van der Waals surface area contributed by atoms with Crippen molar-refractivity contribution in [1.29, 1.82) is 0 Å². The lowest BCUT2D eigenvalue weighted by molar-refractivity contribution is 0.0843. The summed E-state index contributed by atoms with van der Waals surface area (Å²) in [5, 5.41) is 21.9. The molecule has 49 heavy (non-hydrogen) atoms. The maximum absolute atomic E-state index is 13.9. The molecule has 0 bridgehead atoms. The van der Waals surface area contributed by atoms with Gasteiger partial charge >= 0.3 is 0 Å². The fourth-order valence-corrected chi connectivity index (χ4v) is 5.96. The summed E-state index contributed by atoms with van der Waals surface area (Å²) in [6.07, 6.45) is 2.07. The Bertz CT molecular complexity index is 1820. The van der Waals surface area contributed by atoms with E-state index in [2.05, 4.69) is 15.7 Å². The van der Waals surface area contributed by atoms with Gasteiger partial charge < -0.3 is 25.4 Å². The van der Waals surface area contributed by atoms with Gasteiger partial charge in [-0.2, -0.15) is 5.10 Å². The van der Waals surface area contributed by atoms with Crippen molar-refractivity contribution in [2.45, 2.75) is 45.0 Å². The molecule has 0 unspecified atom stereocenters. The van der Waals surface area contributed by atoms with E-state index in [-0.39, 0.29) is 29.4 Å². The van der Waals surface area contributed by atoms with E-state index in [9.17, 15) is 23.1 Å². The molecule has 0 radical (unpaired) electrons. The molecule has 0 aliphatic carbocycles. The van der Waals surface area contributed by atoms with E-state index in [0.29, 0.717) is 19.6 Å². The molecule has 0 fully saturated rings. The number of aliphatic hydroxyl groups is 1. The summed E-state index contributed by atoms with van der Waals surface area (Å²) in [5.41, 5.74) is 3.86. The third-order valence-corrected chi connectivity index (χ3v) is 9.69. The van der Waals surface area contributed by atoms with E-state index in [1.54, 1.807) is 13.3 Å². The zero-order valence-corrected chi connectivity index (χ0v) is 29.6. The Morgan fingerprint density at radius 2 is 1.55 bits per heavy atom. The summed E-state index contributed by atoms with van der Waals surface area (Å²) in [5.74, 6) is -1.04. The molecular formula is C36H46N6O6S. The van der Waals surface area contributed by atoms with Crippen LogP contribution >= 0.6 is 0 Å². The average Bonchev–Trinajstić information content (AvgIpc) is 3.46. The highest BCUT2D eigenvalue weighted by Crippen LogP contribution is 2.23. The lowest BCUT2D eigenvalue weighted by atomic mass is 9.99. The number of aromatic nitrogens is 2. The first-order valence-electron chi connectivity index (χ1n) is 16.0. The zero-order valence-electron chi connectivity index (χ0n) is 28.8. The molecule has 13 heteroatoms. The van der Waals surface area contributed by atoms with E-state index in [1.165, 1.54) is 25.2 Å². The molecule has 1 heterocycles. The third-order valence-electron chi connectivity index (χ3n) is 8.49. The van der Waals surface area contributed by atoms with E-state index in [0.717, 1.165) is 33.1 Å². The van der Waals surface area contributed by atoms with Gasteiger partial charge in [-0.1, -0.05) is 60.7 Å². The molecule has 3 N–H and O–H groups in total. The number of ether oxygens (including phenoxy) is 1. The van der Waals surface area contributed by atoms with Gasteiger partial charge in [0.15, 0.2) is 0 Å². The molecule has 3 atom stereocenters. The first-order valence-corrected chi connectivity index (χ1v) is 17.8. The number of amides is 2. The number of anilines is 2. The van der Waals surface area contributed by atoms with Crippen LogP contribution in [-0.2, 0) is 27.7 Å². The summed E-state index contributed by atoms with van der Waals surface area (Å²) >= 11 is 0. The average molecular weight is 691 g/mol. The molecule has 0 aliphatic rings. The number of methoxy groups -OCH3 is 1. The Hall–Kier alpha value is -4.72. The lowest BCUT2D eigenvalue weighted by Crippen LogP contribution is -2.49. The van der Waals surface area contributed by atoms with Gasteiger partial charge in [-0.3, -0.25) is 18.6 Å². The minimum atomic E-state index is -3.72. The normalized spacial score (nSPS) is 13.3. The van der Waals surface area contributed by atoms with Crippen LogP contribution < -0.4 is 19.8 Å². The predicted molar refractivity (Wildman–Crippen MR) is 192 cm³/mol. The standard InChI is InChI=1S/C36H46N6O6S/c1-25(28-15-11-8-12-16-28)38-35(44)29-20-30(22-31(21-29)41(4)49(6,46)47)36(45)39-32(19-27-13-9-7-10-14-27)34(43)24-40(3)33-23-37-42(26(33)2)17-18-48-5/h7-16,20-23,25,32,34,43H,17-19,24H2,1-6H3,(H,38,44)(H,39,45)/t25-,32+,34-/m1/s1. The van der Waals surface area contributed by atoms with Crippen molar-refractivity contribution in [1.82, 2.24) is 20.4 Å². The van der Waals surface area contributed by atoms with Crippen LogP contribution in [0.3, 0.4) is 0 Å². The number of hydrogen-bond donors (Lipinski definition) is 3. The van der Waals surface area contributed by atoms with E-state index in [1.807, 2.05) is 91.1 Å². The molecule has 3 aromatic carbocycles. The number of benzene rings is 3. The monoisotopic (exact) mass is 690 g/mol. The Labute approximate surface area is 288 Å². The number of hydrogen-bond acceptors (Lipinski definition) is 8. The molecule has 0 spiro atoms. The Kier molecular flexibility index (Phi) is 12.6. The molecule has 0 saturated carbocycles. The third kappa shape index (κ3) is 9.91.